The number of aryl methyl sites for hydroxylation is 2. The number of hydrogen-bond acceptors (Lipinski definition) is 3. The number of ether oxygens (including phenoxy) is 1. The lowest BCUT2D eigenvalue weighted by Gasteiger charge is -2.23. The highest BCUT2D eigenvalue weighted by molar-refractivity contribution is 5.69. The van der Waals surface area contributed by atoms with Crippen molar-refractivity contribution in [3.63, 3.8) is 0 Å². The predicted octanol–water partition coefficient (Wildman–Crippen LogP) is 8.43. The van der Waals surface area contributed by atoms with Gasteiger partial charge in [0.05, 0.1) is 6.61 Å². The highest BCUT2D eigenvalue weighted by Crippen LogP contribution is 2.35. The van der Waals surface area contributed by atoms with Gasteiger partial charge in [-0.25, -0.2) is 0 Å². The van der Waals surface area contributed by atoms with Crippen molar-refractivity contribution in [2.75, 3.05) is 6.61 Å². The topological polar surface area (TPSA) is 46.5 Å². The lowest BCUT2D eigenvalue weighted by atomic mass is 9.83. The molecule has 1 aromatic rings. The van der Waals surface area contributed by atoms with Gasteiger partial charge in [0.25, 0.3) is 0 Å². The van der Waals surface area contributed by atoms with E-state index in [4.69, 9.17) is 4.74 Å². The summed E-state index contributed by atoms with van der Waals surface area (Å²) >= 11 is 0. The van der Waals surface area contributed by atoms with Crippen LogP contribution in [0.25, 0.3) is 0 Å². The fourth-order valence-corrected chi connectivity index (χ4v) is 4.19. The molecular weight excluding hydrogens is 396 g/mol. The Bertz CT molecular complexity index is 643. The van der Waals surface area contributed by atoms with Crippen LogP contribution in [0.3, 0.4) is 0 Å². The second-order valence-electron chi connectivity index (χ2n) is 10.4. The van der Waals surface area contributed by atoms with Crippen LogP contribution in [0.15, 0.2) is 12.1 Å². The fourth-order valence-electron chi connectivity index (χ4n) is 4.19. The van der Waals surface area contributed by atoms with E-state index in [-0.39, 0.29) is 11.4 Å². The van der Waals surface area contributed by atoms with Gasteiger partial charge in [-0.2, -0.15) is 0 Å². The smallest absolute Gasteiger partial charge is 0.306 e. The summed E-state index contributed by atoms with van der Waals surface area (Å²) in [6, 6.07) is 4.08. The number of carbonyl (C=O) groups excluding carboxylic acids is 1. The maximum atomic E-state index is 12.1. The maximum absolute atomic E-state index is 12.1. The normalized spacial score (nSPS) is 11.7. The van der Waals surface area contributed by atoms with Crippen molar-refractivity contribution < 1.29 is 14.6 Å². The number of phenols is 1. The molecular formula is C29H50O3. The van der Waals surface area contributed by atoms with E-state index in [1.165, 1.54) is 64.2 Å². The third-order valence-corrected chi connectivity index (χ3v) is 6.32. The van der Waals surface area contributed by atoms with Crippen LogP contribution in [0.2, 0.25) is 0 Å². The lowest BCUT2D eigenvalue weighted by Crippen LogP contribution is -2.13. The number of aromatic hydroxyl groups is 1. The van der Waals surface area contributed by atoms with E-state index in [2.05, 4.69) is 27.7 Å². The average molecular weight is 447 g/mol. The number of carbonyl (C=O) groups is 1. The lowest BCUT2D eigenvalue weighted by molar-refractivity contribution is -0.143. The summed E-state index contributed by atoms with van der Waals surface area (Å²) in [5.41, 5.74) is 2.89. The molecule has 0 aromatic heterocycles. The summed E-state index contributed by atoms with van der Waals surface area (Å²) in [6.45, 7) is 11.2. The van der Waals surface area contributed by atoms with Gasteiger partial charge >= 0.3 is 5.97 Å². The van der Waals surface area contributed by atoms with Crippen LogP contribution in [-0.2, 0) is 27.8 Å². The summed E-state index contributed by atoms with van der Waals surface area (Å²) in [5.74, 6) is 0.287. The molecule has 184 valence electrons. The molecule has 1 rings (SSSR count). The van der Waals surface area contributed by atoms with Crippen molar-refractivity contribution in [1.82, 2.24) is 0 Å². The van der Waals surface area contributed by atoms with Crippen LogP contribution >= 0.6 is 0 Å². The molecule has 1 N–H and O–H groups in total. The number of esters is 1. The summed E-state index contributed by atoms with van der Waals surface area (Å²) in [4.78, 5) is 12.1. The van der Waals surface area contributed by atoms with Gasteiger partial charge in [-0.15, -0.1) is 0 Å². The minimum Gasteiger partial charge on any atom is -0.507 e. The molecule has 0 saturated carbocycles. The number of benzene rings is 1. The first kappa shape index (κ1) is 28.5. The van der Waals surface area contributed by atoms with Gasteiger partial charge in [-0.3, -0.25) is 4.79 Å². The summed E-state index contributed by atoms with van der Waals surface area (Å²) in [5, 5.41) is 10.5. The molecule has 0 bridgehead atoms. The highest BCUT2D eigenvalue weighted by atomic mass is 16.5. The first-order valence-corrected chi connectivity index (χ1v) is 13.3. The first-order chi connectivity index (χ1) is 15.3. The largest absolute Gasteiger partial charge is 0.507 e. The quantitative estimate of drug-likeness (QED) is 0.193. The molecule has 32 heavy (non-hydrogen) atoms. The van der Waals surface area contributed by atoms with Crippen LogP contribution < -0.4 is 0 Å². The molecule has 0 unspecified atom stereocenters. The second-order valence-corrected chi connectivity index (χ2v) is 10.4. The van der Waals surface area contributed by atoms with E-state index in [0.717, 1.165) is 36.0 Å². The molecule has 0 aliphatic heterocycles. The summed E-state index contributed by atoms with van der Waals surface area (Å²) in [6.07, 6.45) is 17.5. The van der Waals surface area contributed by atoms with Crippen molar-refractivity contribution in [3.8, 4) is 5.75 Å². The SMILES string of the molecule is CCCCCCCCCCCCCCOC(=O)CCc1cc(CC)c(O)c(C(C)(C)C)c1. The minimum atomic E-state index is -0.126. The zero-order valence-corrected chi connectivity index (χ0v) is 21.7. The van der Waals surface area contributed by atoms with Crippen LogP contribution in [0.1, 0.15) is 135 Å². The minimum absolute atomic E-state index is 0.114. The Balaban J connectivity index is 2.16. The van der Waals surface area contributed by atoms with Crippen molar-refractivity contribution in [3.05, 3.63) is 28.8 Å². The van der Waals surface area contributed by atoms with Crippen molar-refractivity contribution in [2.45, 2.75) is 136 Å². The molecule has 0 spiro atoms. The van der Waals surface area contributed by atoms with E-state index in [1.807, 2.05) is 19.1 Å². The van der Waals surface area contributed by atoms with Crippen LogP contribution in [0.4, 0.5) is 0 Å². The molecule has 0 fully saturated rings. The molecule has 3 nitrogen and oxygen atoms in total. The van der Waals surface area contributed by atoms with E-state index < -0.39 is 0 Å². The Morgan fingerprint density at radius 2 is 1.38 bits per heavy atom. The van der Waals surface area contributed by atoms with Crippen LogP contribution in [0, 0.1) is 0 Å². The second kappa shape index (κ2) is 16.2. The molecule has 0 amide bonds. The Labute approximate surface area is 198 Å². The van der Waals surface area contributed by atoms with Gasteiger partial charge in [0, 0.05) is 6.42 Å². The third kappa shape index (κ3) is 11.9. The Morgan fingerprint density at radius 3 is 1.88 bits per heavy atom. The van der Waals surface area contributed by atoms with Crippen molar-refractivity contribution >= 4 is 5.97 Å². The number of hydrogen-bond donors (Lipinski definition) is 1. The third-order valence-electron chi connectivity index (χ3n) is 6.32. The number of unbranched alkanes of at least 4 members (excludes halogenated alkanes) is 11. The Morgan fingerprint density at radius 1 is 0.844 bits per heavy atom. The average Bonchev–Trinajstić information content (AvgIpc) is 2.75. The van der Waals surface area contributed by atoms with Gasteiger partial charge in [-0.05, 0) is 41.4 Å². The Hall–Kier alpha value is -1.51. The number of rotatable bonds is 17. The van der Waals surface area contributed by atoms with Crippen LogP contribution in [0.5, 0.6) is 5.75 Å². The zero-order valence-electron chi connectivity index (χ0n) is 21.7. The number of phenolic OH excluding ortho intramolecular Hbond substituents is 1. The van der Waals surface area contributed by atoms with Gasteiger partial charge in [-0.1, -0.05) is 117 Å². The van der Waals surface area contributed by atoms with E-state index in [9.17, 15) is 9.90 Å². The molecule has 0 aliphatic carbocycles. The molecule has 0 radical (unpaired) electrons. The van der Waals surface area contributed by atoms with E-state index in [0.29, 0.717) is 25.2 Å². The molecule has 0 saturated heterocycles. The molecule has 0 aliphatic rings. The van der Waals surface area contributed by atoms with Crippen LogP contribution in [-0.4, -0.2) is 17.7 Å². The monoisotopic (exact) mass is 446 g/mol. The zero-order chi connectivity index (χ0) is 23.8. The standard InChI is InChI=1S/C29H50O3/c1-6-8-9-10-11-12-13-14-15-16-17-18-21-32-27(30)20-19-24-22-25(7-2)28(31)26(23-24)29(3,4)5/h22-23,31H,6-21H2,1-5H3. The molecule has 0 heterocycles. The van der Waals surface area contributed by atoms with Crippen molar-refractivity contribution in [2.24, 2.45) is 0 Å². The molecule has 3 heteroatoms. The van der Waals surface area contributed by atoms with Gasteiger partial charge in [0.15, 0.2) is 0 Å². The van der Waals surface area contributed by atoms with E-state index >= 15 is 0 Å². The van der Waals surface area contributed by atoms with E-state index in [1.54, 1.807) is 0 Å². The fraction of sp³-hybridized carbons (Fsp3) is 0.759. The summed E-state index contributed by atoms with van der Waals surface area (Å²) in [7, 11) is 0. The summed E-state index contributed by atoms with van der Waals surface area (Å²) < 4.78 is 5.45. The van der Waals surface area contributed by atoms with Gasteiger partial charge in [0.1, 0.15) is 5.75 Å². The highest BCUT2D eigenvalue weighted by Gasteiger charge is 2.21. The first-order valence-electron chi connectivity index (χ1n) is 13.3. The van der Waals surface area contributed by atoms with Crippen molar-refractivity contribution in [1.29, 1.82) is 0 Å². The predicted molar refractivity (Wildman–Crippen MR) is 137 cm³/mol. The maximum Gasteiger partial charge on any atom is 0.306 e. The Kier molecular flexibility index (Phi) is 14.4. The molecule has 0 atom stereocenters. The van der Waals surface area contributed by atoms with Gasteiger partial charge < -0.3 is 9.84 Å². The van der Waals surface area contributed by atoms with Gasteiger partial charge in [0.2, 0.25) is 0 Å². The molecule has 1 aromatic carbocycles.